The Balaban J connectivity index is 2.11. The Morgan fingerprint density at radius 2 is 1.72 bits per heavy atom. The van der Waals surface area contributed by atoms with Crippen molar-refractivity contribution in [3.63, 3.8) is 0 Å². The van der Waals surface area contributed by atoms with Gasteiger partial charge in [-0.25, -0.2) is 8.78 Å². The second-order valence-electron chi connectivity index (χ2n) is 3.73. The molecule has 94 valence electrons. The predicted molar refractivity (Wildman–Crippen MR) is 75.5 cm³/mol. The van der Waals surface area contributed by atoms with Crippen molar-refractivity contribution in [2.75, 3.05) is 5.32 Å². The molecule has 0 saturated carbocycles. The van der Waals surface area contributed by atoms with Crippen LogP contribution in [0, 0.1) is 11.6 Å². The van der Waals surface area contributed by atoms with Gasteiger partial charge in [-0.05, 0) is 67.8 Å². The van der Waals surface area contributed by atoms with Crippen LogP contribution in [-0.2, 0) is 6.54 Å². The molecule has 18 heavy (non-hydrogen) atoms. The van der Waals surface area contributed by atoms with E-state index < -0.39 is 0 Å². The van der Waals surface area contributed by atoms with Crippen LogP contribution in [0.4, 0.5) is 14.5 Å². The summed E-state index contributed by atoms with van der Waals surface area (Å²) in [5, 5.41) is 3.09. The molecule has 0 spiro atoms. The van der Waals surface area contributed by atoms with E-state index in [2.05, 4.69) is 37.2 Å². The van der Waals surface area contributed by atoms with Gasteiger partial charge in [0.05, 0.1) is 10.2 Å². The molecule has 0 heterocycles. The predicted octanol–water partition coefficient (Wildman–Crippen LogP) is 5.10. The van der Waals surface area contributed by atoms with Crippen LogP contribution in [0.3, 0.4) is 0 Å². The van der Waals surface area contributed by atoms with Crippen LogP contribution >= 0.6 is 31.9 Å². The Bertz CT molecular complexity index is 573. The standard InChI is InChI=1S/C13H9Br2F2N/c14-10-3-2-9(16)6-13(10)18-7-8-1-4-12(17)11(15)5-8/h1-6,18H,7H2. The van der Waals surface area contributed by atoms with E-state index in [4.69, 9.17) is 0 Å². The summed E-state index contributed by atoms with van der Waals surface area (Å²) in [5.41, 5.74) is 1.56. The average Bonchev–Trinajstić information content (AvgIpc) is 2.34. The Morgan fingerprint density at radius 3 is 2.44 bits per heavy atom. The Labute approximate surface area is 120 Å². The summed E-state index contributed by atoms with van der Waals surface area (Å²) in [6, 6.07) is 9.18. The topological polar surface area (TPSA) is 12.0 Å². The molecule has 0 radical (unpaired) electrons. The molecular weight excluding hydrogens is 368 g/mol. The number of benzene rings is 2. The molecule has 2 rings (SSSR count). The number of anilines is 1. The number of halogens is 4. The van der Waals surface area contributed by atoms with Crippen LogP contribution in [0.1, 0.15) is 5.56 Å². The first-order valence-electron chi connectivity index (χ1n) is 5.19. The summed E-state index contributed by atoms with van der Waals surface area (Å²) in [4.78, 5) is 0. The Hall–Kier alpha value is -0.940. The van der Waals surface area contributed by atoms with Crippen LogP contribution in [0.5, 0.6) is 0 Å². The van der Waals surface area contributed by atoms with Crippen molar-refractivity contribution in [3.05, 3.63) is 62.5 Å². The molecule has 0 bridgehead atoms. The van der Waals surface area contributed by atoms with Crippen LogP contribution in [0.15, 0.2) is 45.3 Å². The SMILES string of the molecule is Fc1ccc(Br)c(NCc2ccc(F)c(Br)c2)c1. The van der Waals surface area contributed by atoms with Gasteiger partial charge in [-0.2, -0.15) is 0 Å². The maximum absolute atomic E-state index is 13.1. The zero-order valence-electron chi connectivity index (χ0n) is 9.18. The maximum Gasteiger partial charge on any atom is 0.137 e. The molecule has 0 aliphatic heterocycles. The highest BCUT2D eigenvalue weighted by molar-refractivity contribution is 9.10. The van der Waals surface area contributed by atoms with Crippen molar-refractivity contribution in [1.82, 2.24) is 0 Å². The van der Waals surface area contributed by atoms with Gasteiger partial charge in [0, 0.05) is 11.0 Å². The molecule has 0 aromatic heterocycles. The van der Waals surface area contributed by atoms with E-state index >= 15 is 0 Å². The summed E-state index contributed by atoms with van der Waals surface area (Å²) in [7, 11) is 0. The van der Waals surface area contributed by atoms with Crippen LogP contribution < -0.4 is 5.32 Å². The van der Waals surface area contributed by atoms with Crippen molar-refractivity contribution in [2.45, 2.75) is 6.54 Å². The molecule has 0 atom stereocenters. The minimum atomic E-state index is -0.305. The molecule has 2 aromatic rings. The molecule has 1 N–H and O–H groups in total. The lowest BCUT2D eigenvalue weighted by atomic mass is 10.2. The third-order valence-corrected chi connectivity index (χ3v) is 3.69. The number of hydrogen-bond acceptors (Lipinski definition) is 1. The molecule has 5 heteroatoms. The second-order valence-corrected chi connectivity index (χ2v) is 5.43. The van der Waals surface area contributed by atoms with Gasteiger partial charge in [-0.3, -0.25) is 0 Å². The normalized spacial score (nSPS) is 10.4. The molecular formula is C13H9Br2F2N. The van der Waals surface area contributed by atoms with Crippen LogP contribution in [-0.4, -0.2) is 0 Å². The van der Waals surface area contributed by atoms with Crippen molar-refractivity contribution in [1.29, 1.82) is 0 Å². The maximum atomic E-state index is 13.1. The first kappa shape index (κ1) is 13.5. The molecule has 0 unspecified atom stereocenters. The van der Waals surface area contributed by atoms with Crippen LogP contribution in [0.2, 0.25) is 0 Å². The highest BCUT2D eigenvalue weighted by Gasteiger charge is 2.03. The van der Waals surface area contributed by atoms with Gasteiger partial charge in [-0.1, -0.05) is 6.07 Å². The fourth-order valence-corrected chi connectivity index (χ4v) is 2.29. The van der Waals surface area contributed by atoms with Gasteiger partial charge in [0.25, 0.3) is 0 Å². The Morgan fingerprint density at radius 1 is 0.944 bits per heavy atom. The van der Waals surface area contributed by atoms with E-state index in [0.717, 1.165) is 10.0 Å². The summed E-state index contributed by atoms with van der Waals surface area (Å²) < 4.78 is 27.3. The number of rotatable bonds is 3. The van der Waals surface area contributed by atoms with E-state index in [0.29, 0.717) is 16.7 Å². The fourth-order valence-electron chi connectivity index (χ4n) is 1.48. The first-order chi connectivity index (χ1) is 8.56. The summed E-state index contributed by atoms with van der Waals surface area (Å²) in [6.45, 7) is 0.487. The highest BCUT2D eigenvalue weighted by Crippen LogP contribution is 2.24. The van der Waals surface area contributed by atoms with Gasteiger partial charge < -0.3 is 5.32 Å². The van der Waals surface area contributed by atoms with Crippen LogP contribution in [0.25, 0.3) is 0 Å². The smallest absolute Gasteiger partial charge is 0.137 e. The fraction of sp³-hybridized carbons (Fsp3) is 0.0769. The van der Waals surface area contributed by atoms with E-state index in [1.807, 2.05) is 0 Å². The van der Waals surface area contributed by atoms with Crippen molar-refractivity contribution in [3.8, 4) is 0 Å². The lowest BCUT2D eigenvalue weighted by molar-refractivity contribution is 0.620. The monoisotopic (exact) mass is 375 g/mol. The van der Waals surface area contributed by atoms with E-state index in [1.54, 1.807) is 18.2 Å². The van der Waals surface area contributed by atoms with E-state index in [-0.39, 0.29) is 11.6 Å². The zero-order valence-corrected chi connectivity index (χ0v) is 12.4. The molecule has 0 aliphatic rings. The van der Waals surface area contributed by atoms with Crippen molar-refractivity contribution < 1.29 is 8.78 Å². The Kier molecular flexibility index (Phi) is 4.35. The average molecular weight is 377 g/mol. The van der Waals surface area contributed by atoms with Crippen molar-refractivity contribution in [2.24, 2.45) is 0 Å². The molecule has 0 aliphatic carbocycles. The second kappa shape index (κ2) is 5.80. The quantitative estimate of drug-likeness (QED) is 0.785. The van der Waals surface area contributed by atoms with Gasteiger partial charge in [0.1, 0.15) is 11.6 Å². The molecule has 0 amide bonds. The summed E-state index contributed by atoms with van der Waals surface area (Å²) in [6.07, 6.45) is 0. The van der Waals surface area contributed by atoms with Gasteiger partial charge in [0.15, 0.2) is 0 Å². The van der Waals surface area contributed by atoms with E-state index in [1.165, 1.54) is 18.2 Å². The third kappa shape index (κ3) is 3.29. The van der Waals surface area contributed by atoms with Crippen molar-refractivity contribution >= 4 is 37.5 Å². The molecule has 2 aromatic carbocycles. The highest BCUT2D eigenvalue weighted by atomic mass is 79.9. The number of hydrogen-bond donors (Lipinski definition) is 1. The molecule has 1 nitrogen and oxygen atoms in total. The minimum absolute atomic E-state index is 0.300. The largest absolute Gasteiger partial charge is 0.380 e. The molecule has 0 fully saturated rings. The third-order valence-electron chi connectivity index (χ3n) is 2.40. The summed E-state index contributed by atoms with van der Waals surface area (Å²) >= 11 is 6.46. The lowest BCUT2D eigenvalue weighted by Crippen LogP contribution is -2.00. The van der Waals surface area contributed by atoms with Gasteiger partial charge in [-0.15, -0.1) is 0 Å². The summed E-state index contributed by atoms with van der Waals surface area (Å²) in [5.74, 6) is -0.605. The van der Waals surface area contributed by atoms with Gasteiger partial charge in [0.2, 0.25) is 0 Å². The van der Waals surface area contributed by atoms with E-state index in [9.17, 15) is 8.78 Å². The zero-order chi connectivity index (χ0) is 13.1. The first-order valence-corrected chi connectivity index (χ1v) is 6.78. The van der Waals surface area contributed by atoms with Gasteiger partial charge >= 0.3 is 0 Å². The molecule has 0 saturated heterocycles. The lowest BCUT2D eigenvalue weighted by Gasteiger charge is -2.09. The minimum Gasteiger partial charge on any atom is -0.380 e. The number of nitrogens with one attached hydrogen (secondary N) is 1.